The Bertz CT molecular complexity index is 1020. The Hall–Kier alpha value is -2.82. The van der Waals surface area contributed by atoms with Crippen molar-refractivity contribution in [2.45, 2.75) is 39.7 Å². The zero-order valence-corrected chi connectivity index (χ0v) is 17.0. The molecule has 4 rings (SSSR count). The van der Waals surface area contributed by atoms with Gasteiger partial charge in [-0.25, -0.2) is 4.98 Å². The van der Waals surface area contributed by atoms with Gasteiger partial charge in [0.15, 0.2) is 0 Å². The number of nitrogens with one attached hydrogen (secondary N) is 1. The highest BCUT2D eigenvalue weighted by molar-refractivity contribution is 5.97. The van der Waals surface area contributed by atoms with Crippen LogP contribution in [0.5, 0.6) is 5.75 Å². The molecule has 1 aromatic heterocycles. The van der Waals surface area contributed by atoms with E-state index in [1.807, 2.05) is 30.3 Å². The van der Waals surface area contributed by atoms with Crippen molar-refractivity contribution in [3.8, 4) is 5.75 Å². The average Bonchev–Trinajstić information content (AvgIpc) is 3.04. The second kappa shape index (κ2) is 6.97. The lowest BCUT2D eigenvalue weighted by molar-refractivity contribution is 0.0531. The van der Waals surface area contributed by atoms with Crippen molar-refractivity contribution in [2.24, 2.45) is 5.41 Å². The maximum Gasteiger partial charge on any atom is 0.254 e. The van der Waals surface area contributed by atoms with E-state index in [1.54, 1.807) is 13.4 Å². The number of H-pyrrole nitrogens is 1. The summed E-state index contributed by atoms with van der Waals surface area (Å²) in [5.41, 5.74) is 4.90. The van der Waals surface area contributed by atoms with E-state index in [0.717, 1.165) is 29.6 Å². The highest BCUT2D eigenvalue weighted by atomic mass is 16.5. The lowest BCUT2D eigenvalue weighted by atomic mass is 9.81. The van der Waals surface area contributed by atoms with Crippen LogP contribution in [-0.2, 0) is 12.8 Å². The number of carbonyl (C=O) groups excluding carboxylic acids is 1. The van der Waals surface area contributed by atoms with E-state index in [9.17, 15) is 4.79 Å². The first-order valence-corrected chi connectivity index (χ1v) is 9.77. The van der Waals surface area contributed by atoms with E-state index in [0.29, 0.717) is 12.1 Å². The molecule has 0 spiro atoms. The molecular weight excluding hydrogens is 350 g/mol. The molecule has 0 bridgehead atoms. The number of hydrogen-bond acceptors (Lipinski definition) is 3. The van der Waals surface area contributed by atoms with Crippen LogP contribution < -0.4 is 4.74 Å². The lowest BCUT2D eigenvalue weighted by Gasteiger charge is -2.39. The van der Waals surface area contributed by atoms with Gasteiger partial charge in [0, 0.05) is 18.2 Å². The second-order valence-corrected chi connectivity index (χ2v) is 8.57. The Morgan fingerprint density at radius 3 is 2.82 bits per heavy atom. The van der Waals surface area contributed by atoms with Crippen LogP contribution in [0.4, 0.5) is 0 Å². The standard InChI is InChI=1S/C23H27N3O2/c1-23(2,3)21-13-17-15(6-5-7-20(17)28-4)10-11-26(21)22(27)16-8-9-18-19(12-16)25-14-24-18/h5-9,12,14,21H,10-11,13H2,1-4H3,(H,24,25). The Kier molecular flexibility index (Phi) is 4.61. The minimum absolute atomic E-state index is 0.0593. The fraction of sp³-hybridized carbons (Fsp3) is 0.391. The molecule has 5 nitrogen and oxygen atoms in total. The first kappa shape index (κ1) is 18.5. The second-order valence-electron chi connectivity index (χ2n) is 8.57. The van der Waals surface area contributed by atoms with Crippen molar-refractivity contribution in [2.75, 3.05) is 13.7 Å². The number of hydrogen-bond donors (Lipinski definition) is 1. The van der Waals surface area contributed by atoms with Gasteiger partial charge in [0.1, 0.15) is 5.75 Å². The van der Waals surface area contributed by atoms with E-state index < -0.39 is 0 Å². The summed E-state index contributed by atoms with van der Waals surface area (Å²) in [5, 5.41) is 0. The summed E-state index contributed by atoms with van der Waals surface area (Å²) < 4.78 is 5.63. The summed E-state index contributed by atoms with van der Waals surface area (Å²) in [7, 11) is 1.72. The minimum atomic E-state index is -0.0593. The van der Waals surface area contributed by atoms with E-state index in [1.165, 1.54) is 11.1 Å². The molecule has 0 saturated carbocycles. The molecule has 2 aromatic carbocycles. The van der Waals surface area contributed by atoms with E-state index in [-0.39, 0.29) is 17.4 Å². The van der Waals surface area contributed by atoms with Gasteiger partial charge < -0.3 is 14.6 Å². The summed E-state index contributed by atoms with van der Waals surface area (Å²) in [5.74, 6) is 0.989. The number of rotatable bonds is 2. The van der Waals surface area contributed by atoms with Crippen LogP contribution >= 0.6 is 0 Å². The molecule has 2 heterocycles. The Morgan fingerprint density at radius 2 is 2.07 bits per heavy atom. The van der Waals surface area contributed by atoms with Crippen LogP contribution in [0.2, 0.25) is 0 Å². The molecule has 0 saturated heterocycles. The third-order valence-corrected chi connectivity index (χ3v) is 5.77. The summed E-state index contributed by atoms with van der Waals surface area (Å²) in [4.78, 5) is 22.9. The third kappa shape index (κ3) is 3.26. The molecule has 146 valence electrons. The van der Waals surface area contributed by atoms with Crippen LogP contribution in [0, 0.1) is 5.41 Å². The van der Waals surface area contributed by atoms with Gasteiger partial charge >= 0.3 is 0 Å². The number of methoxy groups -OCH3 is 1. The molecule has 3 aromatic rings. The fourth-order valence-corrected chi connectivity index (χ4v) is 4.22. The Balaban J connectivity index is 1.73. The zero-order chi connectivity index (χ0) is 19.9. The van der Waals surface area contributed by atoms with Gasteiger partial charge in [0.2, 0.25) is 0 Å². The van der Waals surface area contributed by atoms with Crippen molar-refractivity contribution < 1.29 is 9.53 Å². The maximum atomic E-state index is 13.5. The lowest BCUT2D eigenvalue weighted by Crippen LogP contribution is -2.48. The van der Waals surface area contributed by atoms with Crippen LogP contribution in [0.1, 0.15) is 42.3 Å². The summed E-state index contributed by atoms with van der Waals surface area (Å²) in [6.45, 7) is 7.31. The molecule has 1 aliphatic heterocycles. The molecule has 1 atom stereocenters. The average molecular weight is 377 g/mol. The SMILES string of the molecule is COc1cccc2c1CC(C(C)(C)C)N(C(=O)c1ccc3nc[nH]c3c1)CC2. The molecule has 1 aliphatic rings. The van der Waals surface area contributed by atoms with Crippen LogP contribution in [0.25, 0.3) is 11.0 Å². The number of amides is 1. The number of carbonyl (C=O) groups is 1. The predicted octanol–water partition coefficient (Wildman–Crippen LogP) is 4.23. The molecule has 1 N–H and O–H groups in total. The number of fused-ring (bicyclic) bond motifs is 2. The van der Waals surface area contributed by atoms with E-state index >= 15 is 0 Å². The first-order chi connectivity index (χ1) is 13.4. The van der Waals surface area contributed by atoms with Crippen molar-refractivity contribution >= 4 is 16.9 Å². The van der Waals surface area contributed by atoms with Gasteiger partial charge in [-0.15, -0.1) is 0 Å². The minimum Gasteiger partial charge on any atom is -0.496 e. The largest absolute Gasteiger partial charge is 0.496 e. The molecule has 0 radical (unpaired) electrons. The molecule has 0 aliphatic carbocycles. The maximum absolute atomic E-state index is 13.5. The number of imidazole rings is 1. The molecule has 1 amide bonds. The zero-order valence-electron chi connectivity index (χ0n) is 17.0. The van der Waals surface area contributed by atoms with Crippen LogP contribution in [-0.4, -0.2) is 40.5 Å². The van der Waals surface area contributed by atoms with Crippen molar-refractivity contribution in [1.82, 2.24) is 14.9 Å². The monoisotopic (exact) mass is 377 g/mol. The van der Waals surface area contributed by atoms with Gasteiger partial charge in [0.25, 0.3) is 5.91 Å². The first-order valence-electron chi connectivity index (χ1n) is 9.77. The predicted molar refractivity (Wildman–Crippen MR) is 111 cm³/mol. The number of nitrogens with zero attached hydrogens (tertiary/aromatic N) is 2. The molecule has 0 fully saturated rings. The molecule has 5 heteroatoms. The molecule has 1 unspecified atom stereocenters. The number of benzene rings is 2. The number of ether oxygens (including phenoxy) is 1. The normalized spacial score (nSPS) is 17.3. The fourth-order valence-electron chi connectivity index (χ4n) is 4.22. The third-order valence-electron chi connectivity index (χ3n) is 5.77. The van der Waals surface area contributed by atoms with E-state index in [4.69, 9.17) is 4.74 Å². The van der Waals surface area contributed by atoms with Gasteiger partial charge in [-0.1, -0.05) is 32.9 Å². The van der Waals surface area contributed by atoms with Gasteiger partial charge in [0.05, 0.1) is 24.5 Å². The summed E-state index contributed by atoms with van der Waals surface area (Å²) >= 11 is 0. The summed E-state index contributed by atoms with van der Waals surface area (Å²) in [6.07, 6.45) is 3.28. The number of aromatic nitrogens is 2. The summed E-state index contributed by atoms with van der Waals surface area (Å²) in [6, 6.07) is 12.0. The Labute approximate surface area is 165 Å². The van der Waals surface area contributed by atoms with Crippen molar-refractivity contribution in [1.29, 1.82) is 0 Å². The smallest absolute Gasteiger partial charge is 0.254 e. The quantitative estimate of drug-likeness (QED) is 0.727. The van der Waals surface area contributed by atoms with Crippen LogP contribution in [0.15, 0.2) is 42.7 Å². The molecule has 28 heavy (non-hydrogen) atoms. The van der Waals surface area contributed by atoms with Gasteiger partial charge in [-0.05, 0) is 53.6 Å². The van der Waals surface area contributed by atoms with Crippen LogP contribution in [0.3, 0.4) is 0 Å². The van der Waals surface area contributed by atoms with Crippen molar-refractivity contribution in [3.05, 3.63) is 59.4 Å². The highest BCUT2D eigenvalue weighted by Crippen LogP contribution is 2.35. The Morgan fingerprint density at radius 1 is 1.25 bits per heavy atom. The van der Waals surface area contributed by atoms with Crippen molar-refractivity contribution in [3.63, 3.8) is 0 Å². The van der Waals surface area contributed by atoms with E-state index in [2.05, 4.69) is 41.7 Å². The molecular formula is C23H27N3O2. The number of aromatic amines is 1. The highest BCUT2D eigenvalue weighted by Gasteiger charge is 2.37. The van der Waals surface area contributed by atoms with Gasteiger partial charge in [-0.3, -0.25) is 4.79 Å². The van der Waals surface area contributed by atoms with Gasteiger partial charge in [-0.2, -0.15) is 0 Å². The topological polar surface area (TPSA) is 58.2 Å².